The zero-order valence-electron chi connectivity index (χ0n) is 11.5. The average Bonchev–Trinajstić information content (AvgIpc) is 2.46. The standard InChI is InChI=1S/C15H12ClNO4S/c1-22(21)13-4-2-9(3-5-13)14(18)17-12-7-10(15(19)20)6-11(16)8-12/h2-8H,1H3,(H,17,18)(H,19,20). The summed E-state index contributed by atoms with van der Waals surface area (Å²) >= 11 is 5.83. The molecule has 0 aliphatic carbocycles. The van der Waals surface area contributed by atoms with Crippen LogP contribution >= 0.6 is 11.6 Å². The van der Waals surface area contributed by atoms with Crippen LogP contribution in [0.25, 0.3) is 0 Å². The van der Waals surface area contributed by atoms with Crippen molar-refractivity contribution in [2.24, 2.45) is 0 Å². The molecule has 22 heavy (non-hydrogen) atoms. The van der Waals surface area contributed by atoms with E-state index in [-0.39, 0.29) is 16.3 Å². The third-order valence-corrected chi connectivity index (χ3v) is 4.01. The summed E-state index contributed by atoms with van der Waals surface area (Å²) in [6, 6.07) is 10.4. The van der Waals surface area contributed by atoms with Crippen molar-refractivity contribution in [3.63, 3.8) is 0 Å². The van der Waals surface area contributed by atoms with Gasteiger partial charge in [0.25, 0.3) is 5.91 Å². The summed E-state index contributed by atoms with van der Waals surface area (Å²) in [6.45, 7) is 0. The number of carboxylic acids is 1. The van der Waals surface area contributed by atoms with Gasteiger partial charge in [-0.05, 0) is 42.5 Å². The Labute approximate surface area is 134 Å². The van der Waals surface area contributed by atoms with Crippen molar-refractivity contribution in [3.8, 4) is 0 Å². The minimum absolute atomic E-state index is 0.0143. The van der Waals surface area contributed by atoms with E-state index in [0.717, 1.165) is 0 Å². The highest BCUT2D eigenvalue weighted by Crippen LogP contribution is 2.20. The second kappa shape index (κ2) is 6.72. The molecule has 0 heterocycles. The van der Waals surface area contributed by atoms with Crippen LogP contribution < -0.4 is 5.32 Å². The lowest BCUT2D eigenvalue weighted by molar-refractivity contribution is 0.0696. The second-order valence-corrected chi connectivity index (χ2v) is 6.28. The lowest BCUT2D eigenvalue weighted by Crippen LogP contribution is -2.12. The third-order valence-electron chi connectivity index (χ3n) is 2.85. The van der Waals surface area contributed by atoms with E-state index in [1.54, 1.807) is 30.5 Å². The first-order chi connectivity index (χ1) is 10.4. The van der Waals surface area contributed by atoms with Gasteiger partial charge in [-0.3, -0.25) is 9.00 Å². The van der Waals surface area contributed by atoms with Gasteiger partial charge in [-0.15, -0.1) is 0 Å². The Morgan fingerprint density at radius 2 is 1.73 bits per heavy atom. The van der Waals surface area contributed by atoms with Crippen molar-refractivity contribution in [1.82, 2.24) is 0 Å². The fourth-order valence-electron chi connectivity index (χ4n) is 1.79. The summed E-state index contributed by atoms with van der Waals surface area (Å²) in [5.74, 6) is -1.54. The van der Waals surface area contributed by atoms with Gasteiger partial charge < -0.3 is 10.4 Å². The number of carbonyl (C=O) groups is 2. The molecule has 0 aliphatic heterocycles. The summed E-state index contributed by atoms with van der Waals surface area (Å²) in [5.41, 5.74) is 0.642. The normalized spacial score (nSPS) is 11.7. The summed E-state index contributed by atoms with van der Waals surface area (Å²) in [6.07, 6.45) is 1.55. The van der Waals surface area contributed by atoms with Gasteiger partial charge in [0.05, 0.1) is 5.56 Å². The van der Waals surface area contributed by atoms with Gasteiger partial charge in [-0.25, -0.2) is 4.79 Å². The molecule has 0 saturated carbocycles. The minimum Gasteiger partial charge on any atom is -0.478 e. The van der Waals surface area contributed by atoms with Crippen LogP contribution in [0, 0.1) is 0 Å². The van der Waals surface area contributed by atoms with Crippen LogP contribution in [0.3, 0.4) is 0 Å². The Kier molecular flexibility index (Phi) is 4.95. The molecule has 2 N–H and O–H groups in total. The Hall–Kier alpha value is -2.18. The molecule has 2 aromatic rings. The summed E-state index contributed by atoms with van der Waals surface area (Å²) < 4.78 is 11.3. The zero-order valence-corrected chi connectivity index (χ0v) is 13.1. The van der Waals surface area contributed by atoms with Gasteiger partial charge in [0.2, 0.25) is 0 Å². The topological polar surface area (TPSA) is 83.5 Å². The number of anilines is 1. The molecule has 0 spiro atoms. The van der Waals surface area contributed by atoms with Gasteiger partial charge in [0, 0.05) is 38.2 Å². The number of hydrogen-bond acceptors (Lipinski definition) is 3. The predicted molar refractivity (Wildman–Crippen MR) is 85.1 cm³/mol. The molecule has 5 nitrogen and oxygen atoms in total. The van der Waals surface area contributed by atoms with E-state index in [4.69, 9.17) is 16.7 Å². The van der Waals surface area contributed by atoms with Gasteiger partial charge >= 0.3 is 5.97 Å². The Balaban J connectivity index is 2.21. The molecule has 114 valence electrons. The smallest absolute Gasteiger partial charge is 0.335 e. The molecule has 0 fully saturated rings. The van der Waals surface area contributed by atoms with Gasteiger partial charge in [0.1, 0.15) is 0 Å². The number of halogens is 1. The fourth-order valence-corrected chi connectivity index (χ4v) is 2.54. The van der Waals surface area contributed by atoms with Gasteiger partial charge in [0.15, 0.2) is 0 Å². The average molecular weight is 338 g/mol. The Morgan fingerprint density at radius 3 is 2.27 bits per heavy atom. The van der Waals surface area contributed by atoms with E-state index >= 15 is 0 Å². The molecular weight excluding hydrogens is 326 g/mol. The van der Waals surface area contributed by atoms with Crippen LogP contribution in [-0.2, 0) is 10.8 Å². The van der Waals surface area contributed by atoms with Crippen molar-refractivity contribution < 1.29 is 18.9 Å². The number of amides is 1. The second-order valence-electron chi connectivity index (χ2n) is 4.47. The molecule has 0 aromatic heterocycles. The van der Waals surface area contributed by atoms with E-state index < -0.39 is 22.7 Å². The molecule has 0 bridgehead atoms. The van der Waals surface area contributed by atoms with E-state index in [2.05, 4.69) is 5.32 Å². The number of carbonyl (C=O) groups excluding carboxylic acids is 1. The highest BCUT2D eigenvalue weighted by atomic mass is 35.5. The van der Waals surface area contributed by atoms with Crippen molar-refractivity contribution in [1.29, 1.82) is 0 Å². The van der Waals surface area contributed by atoms with Crippen LogP contribution in [0.2, 0.25) is 5.02 Å². The first-order valence-electron chi connectivity index (χ1n) is 6.15. The van der Waals surface area contributed by atoms with Gasteiger partial charge in [-0.1, -0.05) is 11.6 Å². The highest BCUT2D eigenvalue weighted by molar-refractivity contribution is 7.84. The van der Waals surface area contributed by atoms with E-state index in [9.17, 15) is 13.8 Å². The maximum absolute atomic E-state index is 12.1. The highest BCUT2D eigenvalue weighted by Gasteiger charge is 2.10. The number of aromatic carboxylic acids is 1. The van der Waals surface area contributed by atoms with Crippen LogP contribution in [-0.4, -0.2) is 27.4 Å². The molecule has 1 unspecified atom stereocenters. The molecule has 2 rings (SSSR count). The summed E-state index contributed by atoms with van der Waals surface area (Å²) in [7, 11) is -1.11. The molecule has 2 aromatic carbocycles. The van der Waals surface area contributed by atoms with E-state index in [0.29, 0.717) is 10.5 Å². The van der Waals surface area contributed by atoms with Crippen molar-refractivity contribution >= 4 is 40.0 Å². The fraction of sp³-hybridized carbons (Fsp3) is 0.0667. The lowest BCUT2D eigenvalue weighted by Gasteiger charge is -2.07. The molecular formula is C15H12ClNO4S. The lowest BCUT2D eigenvalue weighted by atomic mass is 10.1. The summed E-state index contributed by atoms with van der Waals surface area (Å²) in [5, 5.41) is 11.8. The quantitative estimate of drug-likeness (QED) is 0.898. The minimum atomic E-state index is -1.13. The van der Waals surface area contributed by atoms with Crippen LogP contribution in [0.4, 0.5) is 5.69 Å². The number of carboxylic acid groups (broad SMARTS) is 1. The maximum atomic E-state index is 12.1. The van der Waals surface area contributed by atoms with Crippen LogP contribution in [0.1, 0.15) is 20.7 Å². The van der Waals surface area contributed by atoms with Crippen molar-refractivity contribution in [2.75, 3.05) is 11.6 Å². The van der Waals surface area contributed by atoms with E-state index in [1.807, 2.05) is 0 Å². The van der Waals surface area contributed by atoms with Crippen LogP contribution in [0.5, 0.6) is 0 Å². The summed E-state index contributed by atoms with van der Waals surface area (Å²) in [4.78, 5) is 23.7. The number of rotatable bonds is 4. The molecule has 1 atom stereocenters. The first kappa shape index (κ1) is 16.2. The van der Waals surface area contributed by atoms with Crippen molar-refractivity contribution in [2.45, 2.75) is 4.90 Å². The maximum Gasteiger partial charge on any atom is 0.335 e. The predicted octanol–water partition coefficient (Wildman–Crippen LogP) is 3.03. The largest absolute Gasteiger partial charge is 0.478 e. The molecule has 0 radical (unpaired) electrons. The molecule has 0 saturated heterocycles. The first-order valence-corrected chi connectivity index (χ1v) is 8.09. The Bertz CT molecular complexity index is 759. The molecule has 7 heteroatoms. The molecule has 1 amide bonds. The van der Waals surface area contributed by atoms with Crippen molar-refractivity contribution in [3.05, 3.63) is 58.6 Å². The number of hydrogen-bond donors (Lipinski definition) is 2. The monoisotopic (exact) mass is 337 g/mol. The third kappa shape index (κ3) is 3.93. The van der Waals surface area contributed by atoms with Gasteiger partial charge in [-0.2, -0.15) is 0 Å². The zero-order chi connectivity index (χ0) is 16.3. The van der Waals surface area contributed by atoms with E-state index in [1.165, 1.54) is 18.2 Å². The molecule has 0 aliphatic rings. The number of benzene rings is 2. The SMILES string of the molecule is CS(=O)c1ccc(C(=O)Nc2cc(Cl)cc(C(=O)O)c2)cc1. The van der Waals surface area contributed by atoms with Crippen LogP contribution in [0.15, 0.2) is 47.4 Å². The Morgan fingerprint density at radius 1 is 1.09 bits per heavy atom. The number of nitrogens with one attached hydrogen (secondary N) is 1.